The van der Waals surface area contributed by atoms with E-state index >= 15 is 0 Å². The maximum absolute atomic E-state index is 8.65. The molecule has 7 heteroatoms. The average molecular weight is 331 g/mol. The predicted molar refractivity (Wildman–Crippen MR) is 78.2 cm³/mol. The first kappa shape index (κ1) is 13.6. The summed E-state index contributed by atoms with van der Waals surface area (Å²) >= 11 is 5.25. The van der Waals surface area contributed by atoms with Crippen molar-refractivity contribution in [1.82, 2.24) is 14.6 Å². The van der Waals surface area contributed by atoms with Crippen molar-refractivity contribution in [3.63, 3.8) is 0 Å². The highest BCUT2D eigenvalue weighted by Crippen LogP contribution is 2.16. The molecule has 18 heavy (non-hydrogen) atoms. The molecule has 2 N–H and O–H groups in total. The largest absolute Gasteiger partial charge is 0.396 e. The number of pyridine rings is 1. The first-order valence-electron chi connectivity index (χ1n) is 5.74. The fourth-order valence-corrected chi connectivity index (χ4v) is 2.66. The molecule has 0 saturated heterocycles. The van der Waals surface area contributed by atoms with Crippen molar-refractivity contribution in [1.29, 1.82) is 0 Å². The van der Waals surface area contributed by atoms with Crippen LogP contribution in [-0.2, 0) is 0 Å². The van der Waals surface area contributed by atoms with Gasteiger partial charge in [-0.2, -0.15) is 16.7 Å². The van der Waals surface area contributed by atoms with Gasteiger partial charge in [-0.15, -0.1) is 5.10 Å². The van der Waals surface area contributed by atoms with Crippen molar-refractivity contribution in [2.75, 3.05) is 30.0 Å². The lowest BCUT2D eigenvalue weighted by Gasteiger charge is -2.00. The molecule has 0 aliphatic heterocycles. The second-order valence-electron chi connectivity index (χ2n) is 3.68. The number of aliphatic hydroxyl groups excluding tert-OH is 1. The Morgan fingerprint density at radius 3 is 3.11 bits per heavy atom. The summed E-state index contributed by atoms with van der Waals surface area (Å²) in [6.45, 7) is 1.09. The lowest BCUT2D eigenvalue weighted by Crippen LogP contribution is -2.06. The number of rotatable bonds is 7. The molecule has 0 spiro atoms. The summed E-state index contributed by atoms with van der Waals surface area (Å²) in [6, 6.07) is 3.86. The highest BCUT2D eigenvalue weighted by Gasteiger charge is 2.04. The molecule has 2 aromatic heterocycles. The number of nitrogens with one attached hydrogen (secondary N) is 1. The third-order valence-electron chi connectivity index (χ3n) is 2.29. The number of aromatic nitrogens is 3. The summed E-state index contributed by atoms with van der Waals surface area (Å²) < 4.78 is 2.67. The molecule has 0 radical (unpaired) electrons. The van der Waals surface area contributed by atoms with Gasteiger partial charge in [0.1, 0.15) is 0 Å². The van der Waals surface area contributed by atoms with Crippen LogP contribution in [0.3, 0.4) is 0 Å². The molecule has 5 nitrogen and oxygen atoms in total. The van der Waals surface area contributed by atoms with Crippen LogP contribution in [0.4, 0.5) is 5.95 Å². The van der Waals surface area contributed by atoms with Gasteiger partial charge in [-0.25, -0.2) is 4.52 Å². The molecule has 2 heterocycles. The Morgan fingerprint density at radius 1 is 1.44 bits per heavy atom. The SMILES string of the molecule is OCCCSCCNc1nc2c(Br)cccn2n1. The fourth-order valence-electron chi connectivity index (χ4n) is 1.45. The van der Waals surface area contributed by atoms with E-state index < -0.39 is 0 Å². The molecule has 2 aromatic rings. The second kappa shape index (κ2) is 6.96. The van der Waals surface area contributed by atoms with Gasteiger partial charge < -0.3 is 10.4 Å². The van der Waals surface area contributed by atoms with Crippen LogP contribution >= 0.6 is 27.7 Å². The maximum atomic E-state index is 8.65. The minimum absolute atomic E-state index is 0.266. The molecule has 0 fully saturated rings. The van der Waals surface area contributed by atoms with E-state index in [-0.39, 0.29) is 6.61 Å². The van der Waals surface area contributed by atoms with E-state index in [9.17, 15) is 0 Å². The fraction of sp³-hybridized carbons (Fsp3) is 0.455. The lowest BCUT2D eigenvalue weighted by molar-refractivity contribution is 0.296. The van der Waals surface area contributed by atoms with Crippen LogP contribution in [-0.4, -0.2) is 44.4 Å². The molecule has 0 amide bonds. The first-order valence-corrected chi connectivity index (χ1v) is 7.69. The number of fused-ring (bicyclic) bond motifs is 1. The van der Waals surface area contributed by atoms with E-state index in [4.69, 9.17) is 5.11 Å². The van der Waals surface area contributed by atoms with Crippen molar-refractivity contribution >= 4 is 39.3 Å². The van der Waals surface area contributed by atoms with Crippen molar-refractivity contribution in [3.8, 4) is 0 Å². The van der Waals surface area contributed by atoms with Gasteiger partial charge in [0.15, 0.2) is 5.65 Å². The Bertz CT molecular complexity index is 505. The van der Waals surface area contributed by atoms with Crippen LogP contribution < -0.4 is 5.32 Å². The van der Waals surface area contributed by atoms with Crippen LogP contribution in [0.1, 0.15) is 6.42 Å². The van der Waals surface area contributed by atoms with Gasteiger partial charge >= 0.3 is 0 Å². The quantitative estimate of drug-likeness (QED) is 0.760. The van der Waals surface area contributed by atoms with E-state index in [0.29, 0.717) is 5.95 Å². The minimum Gasteiger partial charge on any atom is -0.396 e. The van der Waals surface area contributed by atoms with Crippen LogP contribution in [0.15, 0.2) is 22.8 Å². The van der Waals surface area contributed by atoms with Gasteiger partial charge in [0.05, 0.1) is 4.47 Å². The predicted octanol–water partition coefficient (Wildman–Crippen LogP) is 2.02. The van der Waals surface area contributed by atoms with Crippen molar-refractivity contribution in [2.45, 2.75) is 6.42 Å². The normalized spacial score (nSPS) is 11.0. The third-order valence-corrected chi connectivity index (χ3v) is 3.98. The summed E-state index contributed by atoms with van der Waals surface area (Å²) in [7, 11) is 0. The molecule has 0 aliphatic rings. The van der Waals surface area contributed by atoms with Crippen LogP contribution in [0.25, 0.3) is 5.65 Å². The zero-order valence-electron chi connectivity index (χ0n) is 9.84. The molecular weight excluding hydrogens is 316 g/mol. The Morgan fingerprint density at radius 2 is 2.33 bits per heavy atom. The van der Waals surface area contributed by atoms with Gasteiger partial charge in [-0.1, -0.05) is 0 Å². The molecule has 98 valence electrons. The Hall–Kier alpha value is -0.790. The summed E-state index contributed by atoms with van der Waals surface area (Å²) in [4.78, 5) is 4.39. The molecule has 0 saturated carbocycles. The lowest BCUT2D eigenvalue weighted by atomic mass is 10.5. The number of anilines is 1. The molecule has 0 unspecified atom stereocenters. The topological polar surface area (TPSA) is 62.5 Å². The number of aliphatic hydroxyl groups is 1. The van der Waals surface area contributed by atoms with E-state index in [2.05, 4.69) is 31.3 Å². The maximum Gasteiger partial charge on any atom is 0.243 e. The molecular formula is C11H15BrN4OS. The van der Waals surface area contributed by atoms with Gasteiger partial charge in [0.2, 0.25) is 5.95 Å². The third kappa shape index (κ3) is 3.60. The monoisotopic (exact) mass is 330 g/mol. The van der Waals surface area contributed by atoms with Crippen LogP contribution in [0.5, 0.6) is 0 Å². The first-order chi connectivity index (χ1) is 8.81. The van der Waals surface area contributed by atoms with E-state index in [0.717, 1.165) is 34.6 Å². The number of nitrogens with zero attached hydrogens (tertiary/aromatic N) is 3. The van der Waals surface area contributed by atoms with E-state index in [1.165, 1.54) is 0 Å². The second-order valence-corrected chi connectivity index (χ2v) is 5.76. The van der Waals surface area contributed by atoms with E-state index in [1.54, 1.807) is 4.52 Å². The minimum atomic E-state index is 0.266. The van der Waals surface area contributed by atoms with E-state index in [1.807, 2.05) is 30.1 Å². The molecule has 2 rings (SSSR count). The molecule has 0 aliphatic carbocycles. The number of halogens is 1. The smallest absolute Gasteiger partial charge is 0.243 e. The van der Waals surface area contributed by atoms with Crippen molar-refractivity contribution in [2.24, 2.45) is 0 Å². The summed E-state index contributed by atoms with van der Waals surface area (Å²) in [5.74, 6) is 2.61. The van der Waals surface area contributed by atoms with Crippen LogP contribution in [0.2, 0.25) is 0 Å². The Labute approximate surface area is 118 Å². The molecule has 0 bridgehead atoms. The molecule has 0 aromatic carbocycles. The Balaban J connectivity index is 1.83. The molecule has 0 atom stereocenters. The zero-order valence-corrected chi connectivity index (χ0v) is 12.2. The standard InChI is InChI=1S/C11H15BrN4OS/c12-9-3-1-5-16-10(9)14-11(15-16)13-4-8-18-7-2-6-17/h1,3,5,17H,2,4,6-8H2,(H,13,15). The van der Waals surface area contributed by atoms with Crippen molar-refractivity contribution < 1.29 is 5.11 Å². The number of hydrogen-bond donors (Lipinski definition) is 2. The highest BCUT2D eigenvalue weighted by molar-refractivity contribution is 9.10. The van der Waals surface area contributed by atoms with Gasteiger partial charge in [0, 0.05) is 25.1 Å². The van der Waals surface area contributed by atoms with Gasteiger partial charge in [-0.3, -0.25) is 0 Å². The average Bonchev–Trinajstić information content (AvgIpc) is 2.78. The summed E-state index contributed by atoms with van der Waals surface area (Å²) in [6.07, 6.45) is 2.72. The van der Waals surface area contributed by atoms with Gasteiger partial charge in [-0.05, 0) is 40.2 Å². The van der Waals surface area contributed by atoms with Gasteiger partial charge in [0.25, 0.3) is 0 Å². The highest BCUT2D eigenvalue weighted by atomic mass is 79.9. The number of thioether (sulfide) groups is 1. The van der Waals surface area contributed by atoms with Crippen LogP contribution in [0, 0.1) is 0 Å². The summed E-state index contributed by atoms with van der Waals surface area (Å²) in [5.41, 5.74) is 0.813. The van der Waals surface area contributed by atoms with Crippen molar-refractivity contribution in [3.05, 3.63) is 22.8 Å². The number of hydrogen-bond acceptors (Lipinski definition) is 5. The Kier molecular flexibility index (Phi) is 5.27. The zero-order chi connectivity index (χ0) is 12.8. The summed E-state index contributed by atoms with van der Waals surface area (Å²) in [5, 5.41) is 16.2.